The van der Waals surface area contributed by atoms with E-state index >= 15 is 0 Å². The molecule has 0 aliphatic carbocycles. The van der Waals surface area contributed by atoms with Crippen LogP contribution in [0.5, 0.6) is 0 Å². The molecule has 0 spiro atoms. The molecule has 0 aliphatic rings. The van der Waals surface area contributed by atoms with Crippen LogP contribution in [0.25, 0.3) is 0 Å². The first kappa shape index (κ1) is 15.4. The summed E-state index contributed by atoms with van der Waals surface area (Å²) in [6.07, 6.45) is 1.07. The Morgan fingerprint density at radius 3 is 2.50 bits per heavy atom. The molecule has 1 amide bonds. The van der Waals surface area contributed by atoms with Gasteiger partial charge in [0.1, 0.15) is 0 Å². The molecule has 0 bridgehead atoms. The number of hydrogen-bond donors (Lipinski definition) is 2. The standard InChI is InChI=1S/C12H26N2O2/c1-10(2)5-7-16-8-6-14-12(15)11(3)9-13-4/h10-11,13H,5-9H2,1-4H3,(H,14,15). The van der Waals surface area contributed by atoms with Gasteiger partial charge >= 0.3 is 0 Å². The van der Waals surface area contributed by atoms with Gasteiger partial charge in [0.25, 0.3) is 0 Å². The lowest BCUT2D eigenvalue weighted by atomic mass is 10.1. The molecule has 0 fully saturated rings. The molecule has 4 heteroatoms. The third kappa shape index (κ3) is 8.68. The minimum absolute atomic E-state index is 0.0145. The SMILES string of the molecule is CNCC(C)C(=O)NCCOCCC(C)C. The third-order valence-electron chi connectivity index (χ3n) is 2.34. The van der Waals surface area contributed by atoms with E-state index in [1.165, 1.54) is 0 Å². The van der Waals surface area contributed by atoms with E-state index in [2.05, 4.69) is 24.5 Å². The van der Waals surface area contributed by atoms with Crippen molar-refractivity contribution in [2.24, 2.45) is 11.8 Å². The number of carbonyl (C=O) groups is 1. The number of carbonyl (C=O) groups excluding carboxylic acids is 1. The predicted octanol–water partition coefficient (Wildman–Crippen LogP) is 1.02. The van der Waals surface area contributed by atoms with Crippen molar-refractivity contribution >= 4 is 5.91 Å². The average molecular weight is 230 g/mol. The zero-order chi connectivity index (χ0) is 12.4. The Bertz CT molecular complexity index is 184. The van der Waals surface area contributed by atoms with Gasteiger partial charge in [-0.25, -0.2) is 0 Å². The van der Waals surface area contributed by atoms with Crippen molar-refractivity contribution in [1.82, 2.24) is 10.6 Å². The molecule has 0 heterocycles. The molecule has 0 aromatic rings. The molecular weight excluding hydrogens is 204 g/mol. The van der Waals surface area contributed by atoms with E-state index in [9.17, 15) is 4.79 Å². The molecular formula is C12H26N2O2. The van der Waals surface area contributed by atoms with Gasteiger partial charge in [-0.1, -0.05) is 20.8 Å². The van der Waals surface area contributed by atoms with E-state index in [0.29, 0.717) is 25.6 Å². The summed E-state index contributed by atoms with van der Waals surface area (Å²) < 4.78 is 5.40. The van der Waals surface area contributed by atoms with Crippen LogP contribution in [0.3, 0.4) is 0 Å². The van der Waals surface area contributed by atoms with Crippen LogP contribution < -0.4 is 10.6 Å². The number of nitrogens with one attached hydrogen (secondary N) is 2. The minimum Gasteiger partial charge on any atom is -0.380 e. The summed E-state index contributed by atoms with van der Waals surface area (Å²) in [5.41, 5.74) is 0. The lowest BCUT2D eigenvalue weighted by Gasteiger charge is -2.12. The fourth-order valence-corrected chi connectivity index (χ4v) is 1.24. The zero-order valence-corrected chi connectivity index (χ0v) is 11.0. The summed E-state index contributed by atoms with van der Waals surface area (Å²) in [6.45, 7) is 8.94. The van der Waals surface area contributed by atoms with Crippen LogP contribution in [0.2, 0.25) is 0 Å². The first-order valence-corrected chi connectivity index (χ1v) is 6.08. The monoisotopic (exact) mass is 230 g/mol. The summed E-state index contributed by atoms with van der Waals surface area (Å²) in [7, 11) is 1.85. The van der Waals surface area contributed by atoms with E-state index in [1.54, 1.807) is 0 Å². The molecule has 0 rings (SSSR count). The number of ether oxygens (including phenoxy) is 1. The smallest absolute Gasteiger partial charge is 0.224 e. The summed E-state index contributed by atoms with van der Waals surface area (Å²) in [5, 5.41) is 5.83. The number of amides is 1. The maximum absolute atomic E-state index is 11.5. The highest BCUT2D eigenvalue weighted by molar-refractivity contribution is 5.78. The molecule has 0 aromatic carbocycles. The van der Waals surface area contributed by atoms with Crippen LogP contribution >= 0.6 is 0 Å². The van der Waals surface area contributed by atoms with Crippen molar-refractivity contribution in [3.63, 3.8) is 0 Å². The predicted molar refractivity (Wildman–Crippen MR) is 66.4 cm³/mol. The highest BCUT2D eigenvalue weighted by Gasteiger charge is 2.10. The van der Waals surface area contributed by atoms with Crippen molar-refractivity contribution in [3.8, 4) is 0 Å². The fourth-order valence-electron chi connectivity index (χ4n) is 1.24. The number of hydrogen-bond acceptors (Lipinski definition) is 3. The molecule has 16 heavy (non-hydrogen) atoms. The van der Waals surface area contributed by atoms with Gasteiger partial charge in [-0.15, -0.1) is 0 Å². The van der Waals surface area contributed by atoms with Gasteiger partial charge in [-0.2, -0.15) is 0 Å². The summed E-state index contributed by atoms with van der Waals surface area (Å²) in [6, 6.07) is 0. The Morgan fingerprint density at radius 2 is 1.94 bits per heavy atom. The molecule has 4 nitrogen and oxygen atoms in total. The van der Waals surface area contributed by atoms with Gasteiger partial charge in [0.15, 0.2) is 0 Å². The zero-order valence-electron chi connectivity index (χ0n) is 11.0. The van der Waals surface area contributed by atoms with E-state index in [1.807, 2.05) is 14.0 Å². The Hall–Kier alpha value is -0.610. The third-order valence-corrected chi connectivity index (χ3v) is 2.34. The molecule has 1 atom stereocenters. The van der Waals surface area contributed by atoms with E-state index < -0.39 is 0 Å². The second kappa shape index (κ2) is 9.60. The quantitative estimate of drug-likeness (QED) is 0.581. The highest BCUT2D eigenvalue weighted by Crippen LogP contribution is 1.98. The van der Waals surface area contributed by atoms with Gasteiger partial charge in [-0.3, -0.25) is 4.79 Å². The van der Waals surface area contributed by atoms with Crippen LogP contribution in [0.1, 0.15) is 27.2 Å². The molecule has 1 unspecified atom stereocenters. The lowest BCUT2D eigenvalue weighted by Crippen LogP contribution is -2.36. The first-order valence-electron chi connectivity index (χ1n) is 6.08. The van der Waals surface area contributed by atoms with Gasteiger partial charge in [0.05, 0.1) is 6.61 Å². The second-order valence-corrected chi connectivity index (χ2v) is 4.54. The molecule has 0 saturated heterocycles. The van der Waals surface area contributed by atoms with Crippen LogP contribution in [0.15, 0.2) is 0 Å². The normalized spacial score (nSPS) is 12.8. The topological polar surface area (TPSA) is 50.4 Å². The lowest BCUT2D eigenvalue weighted by molar-refractivity contribution is -0.124. The second-order valence-electron chi connectivity index (χ2n) is 4.54. The Labute approximate surface area is 99.1 Å². The van der Waals surface area contributed by atoms with Gasteiger partial charge in [-0.05, 0) is 19.4 Å². The summed E-state index contributed by atoms with van der Waals surface area (Å²) in [5.74, 6) is 0.771. The molecule has 0 saturated carbocycles. The maximum atomic E-state index is 11.5. The minimum atomic E-state index is 0.0145. The first-order chi connectivity index (χ1) is 7.57. The average Bonchev–Trinajstić information content (AvgIpc) is 2.22. The molecule has 96 valence electrons. The van der Waals surface area contributed by atoms with Crippen LogP contribution in [0.4, 0.5) is 0 Å². The van der Waals surface area contributed by atoms with Gasteiger partial charge < -0.3 is 15.4 Å². The Balaban J connectivity index is 3.34. The van der Waals surface area contributed by atoms with Crippen molar-refractivity contribution in [3.05, 3.63) is 0 Å². The molecule has 0 aromatic heterocycles. The fraction of sp³-hybridized carbons (Fsp3) is 0.917. The summed E-state index contributed by atoms with van der Waals surface area (Å²) in [4.78, 5) is 11.5. The van der Waals surface area contributed by atoms with E-state index in [0.717, 1.165) is 13.0 Å². The van der Waals surface area contributed by atoms with Crippen LogP contribution in [-0.4, -0.2) is 39.3 Å². The summed E-state index contributed by atoms with van der Waals surface area (Å²) >= 11 is 0. The highest BCUT2D eigenvalue weighted by atomic mass is 16.5. The Kier molecular flexibility index (Phi) is 9.24. The molecule has 2 N–H and O–H groups in total. The van der Waals surface area contributed by atoms with Crippen LogP contribution in [-0.2, 0) is 9.53 Å². The van der Waals surface area contributed by atoms with Crippen LogP contribution in [0, 0.1) is 11.8 Å². The van der Waals surface area contributed by atoms with E-state index in [-0.39, 0.29) is 11.8 Å². The largest absolute Gasteiger partial charge is 0.380 e. The van der Waals surface area contributed by atoms with Crippen molar-refractivity contribution < 1.29 is 9.53 Å². The molecule has 0 radical (unpaired) electrons. The van der Waals surface area contributed by atoms with Crippen molar-refractivity contribution in [2.45, 2.75) is 27.2 Å². The van der Waals surface area contributed by atoms with Gasteiger partial charge in [0, 0.05) is 25.6 Å². The Morgan fingerprint density at radius 1 is 1.25 bits per heavy atom. The van der Waals surface area contributed by atoms with Crippen molar-refractivity contribution in [2.75, 3.05) is 33.4 Å². The van der Waals surface area contributed by atoms with E-state index in [4.69, 9.17) is 4.74 Å². The maximum Gasteiger partial charge on any atom is 0.224 e. The van der Waals surface area contributed by atoms with Gasteiger partial charge in [0.2, 0.25) is 5.91 Å². The van der Waals surface area contributed by atoms with Crippen molar-refractivity contribution in [1.29, 1.82) is 0 Å². The number of rotatable bonds is 9. The molecule has 0 aliphatic heterocycles.